The fourth-order valence-corrected chi connectivity index (χ4v) is 12.2. The number of hydrogen-bond acceptors (Lipinski definition) is 1. The van der Waals surface area contributed by atoms with Crippen molar-refractivity contribution in [3.63, 3.8) is 0 Å². The second-order valence-corrected chi connectivity index (χ2v) is 17.6. The molecule has 0 bridgehead atoms. The molecule has 6 unspecified atom stereocenters. The standard InChI is InChI=1S/C50H56O/c1-4-13-33(14-5-1)36-23-24-38-28-39(26-25-37(38)27-36)41-29-40(34-15-6-2-7-16-34)30-42(31-41)47-32-48-46-22-12-21-43(35-17-8-3-9-18-35)49(46)51-50(48)45-20-11-10-19-44(45)47/h3,8-12,17-24,27,32-34,39-42,44-45H,1-2,4-7,13-16,25-26,28-31H2. The Balaban J connectivity index is 0.991. The van der Waals surface area contributed by atoms with Gasteiger partial charge in [0, 0.05) is 28.3 Å². The molecule has 0 radical (unpaired) electrons. The number of rotatable bonds is 5. The lowest BCUT2D eigenvalue weighted by atomic mass is 9.59. The highest BCUT2D eigenvalue weighted by Gasteiger charge is 2.43. The molecule has 0 aliphatic heterocycles. The van der Waals surface area contributed by atoms with Crippen LogP contribution < -0.4 is 0 Å². The number of aryl methyl sites for hydroxylation is 1. The summed E-state index contributed by atoms with van der Waals surface area (Å²) in [5, 5.41) is 1.29. The monoisotopic (exact) mass is 672 g/mol. The minimum atomic E-state index is 0.287. The van der Waals surface area contributed by atoms with Crippen molar-refractivity contribution < 1.29 is 4.42 Å². The van der Waals surface area contributed by atoms with Crippen LogP contribution in [0.3, 0.4) is 0 Å². The van der Waals surface area contributed by atoms with Crippen molar-refractivity contribution in [1.29, 1.82) is 0 Å². The third-order valence-electron chi connectivity index (χ3n) is 14.8. The lowest BCUT2D eigenvalue weighted by Crippen LogP contribution is -2.36. The van der Waals surface area contributed by atoms with E-state index in [1.807, 2.05) is 0 Å². The molecule has 0 amide bonds. The van der Waals surface area contributed by atoms with Crippen molar-refractivity contribution in [2.45, 2.75) is 115 Å². The van der Waals surface area contributed by atoms with E-state index in [0.717, 1.165) is 35.2 Å². The van der Waals surface area contributed by atoms with Crippen LogP contribution in [0.2, 0.25) is 0 Å². The summed E-state index contributed by atoms with van der Waals surface area (Å²) in [6.07, 6.45) is 34.8. The van der Waals surface area contributed by atoms with Gasteiger partial charge in [-0.05, 0) is 109 Å². The predicted molar refractivity (Wildman–Crippen MR) is 213 cm³/mol. The van der Waals surface area contributed by atoms with Gasteiger partial charge < -0.3 is 4.42 Å². The third kappa shape index (κ3) is 6.01. The van der Waals surface area contributed by atoms with Gasteiger partial charge in [0.05, 0.1) is 0 Å². The van der Waals surface area contributed by atoms with E-state index in [2.05, 4.69) is 97.1 Å². The summed E-state index contributed by atoms with van der Waals surface area (Å²) in [5.41, 5.74) is 11.6. The number of para-hydroxylation sites is 1. The molecule has 3 aromatic carbocycles. The fourth-order valence-electron chi connectivity index (χ4n) is 12.2. The average molecular weight is 673 g/mol. The normalized spacial score (nSPS) is 29.7. The molecule has 1 heteroatoms. The second-order valence-electron chi connectivity index (χ2n) is 17.6. The average Bonchev–Trinajstić information content (AvgIpc) is 3.60. The SMILES string of the molecule is C1=CC2C(C3CC(C4CCCCC4)CC(C4CCc5cc(C6CCCCC6)ccc5C4)C3)=Cc3c(oc4c(-c5ccccc5)cccc34)C2C=C1. The Morgan fingerprint density at radius 1 is 0.569 bits per heavy atom. The van der Waals surface area contributed by atoms with Crippen LogP contribution >= 0.6 is 0 Å². The van der Waals surface area contributed by atoms with Crippen molar-refractivity contribution in [3.8, 4) is 11.1 Å². The lowest BCUT2D eigenvalue weighted by Gasteiger charge is -2.46. The molecule has 0 spiro atoms. The maximum atomic E-state index is 6.96. The van der Waals surface area contributed by atoms with Crippen LogP contribution in [0.15, 0.2) is 101 Å². The van der Waals surface area contributed by atoms with Crippen LogP contribution in [0, 0.1) is 35.5 Å². The maximum absolute atomic E-state index is 6.96. The van der Waals surface area contributed by atoms with E-state index in [9.17, 15) is 0 Å². The van der Waals surface area contributed by atoms with Gasteiger partial charge in [0.1, 0.15) is 11.3 Å². The van der Waals surface area contributed by atoms with Gasteiger partial charge in [-0.1, -0.05) is 154 Å². The molecule has 3 fully saturated rings. The predicted octanol–water partition coefficient (Wildman–Crippen LogP) is 13.8. The Kier molecular flexibility index (Phi) is 8.66. The van der Waals surface area contributed by atoms with Gasteiger partial charge in [0.15, 0.2) is 0 Å². The van der Waals surface area contributed by atoms with Crippen LogP contribution in [0.5, 0.6) is 0 Å². The lowest BCUT2D eigenvalue weighted by molar-refractivity contribution is 0.0931. The zero-order valence-corrected chi connectivity index (χ0v) is 30.6. The highest BCUT2D eigenvalue weighted by Crippen LogP contribution is 2.55. The van der Waals surface area contributed by atoms with Crippen LogP contribution in [0.1, 0.15) is 130 Å². The summed E-state index contributed by atoms with van der Waals surface area (Å²) in [5.74, 6) is 6.80. The summed E-state index contributed by atoms with van der Waals surface area (Å²) in [6.45, 7) is 0. The van der Waals surface area contributed by atoms with E-state index in [-0.39, 0.29) is 5.92 Å². The van der Waals surface area contributed by atoms with Gasteiger partial charge in [-0.15, -0.1) is 0 Å². The Morgan fingerprint density at radius 2 is 1.33 bits per heavy atom. The number of hydrogen-bond donors (Lipinski definition) is 0. The third-order valence-corrected chi connectivity index (χ3v) is 14.8. The molecule has 1 nitrogen and oxygen atoms in total. The molecule has 3 saturated carbocycles. The van der Waals surface area contributed by atoms with Crippen molar-refractivity contribution in [3.05, 3.63) is 125 Å². The molecule has 6 aliphatic carbocycles. The maximum Gasteiger partial charge on any atom is 0.142 e. The van der Waals surface area contributed by atoms with Crippen molar-refractivity contribution in [2.75, 3.05) is 0 Å². The number of allylic oxidation sites excluding steroid dienone is 5. The molecule has 262 valence electrons. The zero-order valence-electron chi connectivity index (χ0n) is 30.6. The number of benzene rings is 3. The summed E-state index contributed by atoms with van der Waals surface area (Å²) in [7, 11) is 0. The number of furan rings is 1. The quantitative estimate of drug-likeness (QED) is 0.206. The molecular formula is C50H56O. The first-order valence-electron chi connectivity index (χ1n) is 21.1. The smallest absolute Gasteiger partial charge is 0.142 e. The van der Waals surface area contributed by atoms with Gasteiger partial charge in [-0.3, -0.25) is 0 Å². The first-order chi connectivity index (χ1) is 25.3. The molecule has 0 N–H and O–H groups in total. The van der Waals surface area contributed by atoms with Crippen molar-refractivity contribution in [2.24, 2.45) is 35.5 Å². The molecular weight excluding hydrogens is 617 g/mol. The molecule has 0 saturated heterocycles. The minimum Gasteiger partial charge on any atom is -0.459 e. The van der Waals surface area contributed by atoms with E-state index < -0.39 is 0 Å². The van der Waals surface area contributed by atoms with Crippen LogP contribution in [-0.4, -0.2) is 0 Å². The van der Waals surface area contributed by atoms with Gasteiger partial charge in [0.2, 0.25) is 0 Å². The zero-order chi connectivity index (χ0) is 33.7. The highest BCUT2D eigenvalue weighted by atomic mass is 16.3. The first-order valence-corrected chi connectivity index (χ1v) is 21.1. The van der Waals surface area contributed by atoms with Crippen LogP contribution in [-0.2, 0) is 12.8 Å². The summed E-state index contributed by atoms with van der Waals surface area (Å²) in [4.78, 5) is 0. The topological polar surface area (TPSA) is 13.1 Å². The fraction of sp³-hybridized carbons (Fsp3) is 0.480. The van der Waals surface area contributed by atoms with E-state index in [1.54, 1.807) is 22.3 Å². The van der Waals surface area contributed by atoms with Gasteiger partial charge in [0.25, 0.3) is 0 Å². The molecule has 51 heavy (non-hydrogen) atoms. The molecule has 1 aromatic heterocycles. The summed E-state index contributed by atoms with van der Waals surface area (Å²) < 4.78 is 6.96. The minimum absolute atomic E-state index is 0.287. The Hall–Kier alpha value is -3.58. The molecule has 1 heterocycles. The van der Waals surface area contributed by atoms with E-state index in [4.69, 9.17) is 4.42 Å². The van der Waals surface area contributed by atoms with E-state index >= 15 is 0 Å². The molecule has 6 atom stereocenters. The highest BCUT2D eigenvalue weighted by molar-refractivity contribution is 5.99. The van der Waals surface area contributed by atoms with Gasteiger partial charge >= 0.3 is 0 Å². The van der Waals surface area contributed by atoms with Gasteiger partial charge in [-0.2, -0.15) is 0 Å². The molecule has 4 aromatic rings. The first kappa shape index (κ1) is 32.1. The summed E-state index contributed by atoms with van der Waals surface area (Å²) in [6, 6.07) is 25.4. The van der Waals surface area contributed by atoms with Crippen LogP contribution in [0.25, 0.3) is 28.2 Å². The second kappa shape index (κ2) is 13.8. The number of fused-ring (bicyclic) bond motifs is 6. The molecule has 6 aliphatic rings. The summed E-state index contributed by atoms with van der Waals surface area (Å²) >= 11 is 0. The van der Waals surface area contributed by atoms with E-state index in [0.29, 0.717) is 11.8 Å². The Labute approximate surface area is 306 Å². The largest absolute Gasteiger partial charge is 0.459 e. The van der Waals surface area contributed by atoms with Crippen LogP contribution in [0.4, 0.5) is 0 Å². The molecule has 10 rings (SSSR count). The van der Waals surface area contributed by atoms with Crippen molar-refractivity contribution >= 4 is 17.0 Å². The van der Waals surface area contributed by atoms with Crippen molar-refractivity contribution in [1.82, 2.24) is 0 Å². The van der Waals surface area contributed by atoms with Gasteiger partial charge in [-0.25, -0.2) is 0 Å². The van der Waals surface area contributed by atoms with E-state index in [1.165, 1.54) is 131 Å². The Bertz CT molecular complexity index is 1960. The Morgan fingerprint density at radius 3 is 2.16 bits per heavy atom.